The smallest absolute Gasteiger partial charge is 0.324 e. The van der Waals surface area contributed by atoms with Gasteiger partial charge in [-0.1, -0.05) is 46.7 Å². The van der Waals surface area contributed by atoms with Crippen LogP contribution in [0.5, 0.6) is 0 Å². The van der Waals surface area contributed by atoms with Gasteiger partial charge in [-0.15, -0.1) is 0 Å². The summed E-state index contributed by atoms with van der Waals surface area (Å²) in [6, 6.07) is 8.82. The Morgan fingerprint density at radius 2 is 1.56 bits per heavy atom. The van der Waals surface area contributed by atoms with E-state index >= 15 is 0 Å². The highest BCUT2D eigenvalue weighted by molar-refractivity contribution is 6.66. The molecule has 2 aliphatic heterocycles. The molecule has 0 N–H and O–H groups in total. The van der Waals surface area contributed by atoms with Crippen LogP contribution >= 0.6 is 0 Å². The Morgan fingerprint density at radius 3 is 2.04 bits per heavy atom. The molecule has 0 amide bonds. The standard InChI is InChI=1S/C20H32BNO3.C2H6/c1-16(2)19(3,4)25-21(5)17-6-8-18(9-7-17)22-12-10-20(11-13-22)23-14-15-24-20;1-2/h6-9,16H,10-15H2,1-5H3;1-2H3. The van der Waals surface area contributed by atoms with E-state index < -0.39 is 0 Å². The van der Waals surface area contributed by atoms with E-state index in [-0.39, 0.29) is 18.3 Å². The van der Waals surface area contributed by atoms with Crippen LogP contribution in [0.2, 0.25) is 6.82 Å². The van der Waals surface area contributed by atoms with Gasteiger partial charge in [0.25, 0.3) is 0 Å². The predicted molar refractivity (Wildman–Crippen MR) is 115 cm³/mol. The van der Waals surface area contributed by atoms with Crippen molar-refractivity contribution in [3.63, 3.8) is 0 Å². The first-order valence-electron chi connectivity index (χ1n) is 10.6. The normalized spacial score (nSPS) is 19.2. The molecule has 0 aliphatic carbocycles. The van der Waals surface area contributed by atoms with Crippen LogP contribution in [0.3, 0.4) is 0 Å². The lowest BCUT2D eigenvalue weighted by molar-refractivity contribution is -0.169. The summed E-state index contributed by atoms with van der Waals surface area (Å²) in [4.78, 5) is 2.42. The number of nitrogens with zero attached hydrogens (tertiary/aromatic N) is 1. The van der Waals surface area contributed by atoms with Crippen molar-refractivity contribution in [1.82, 2.24) is 0 Å². The van der Waals surface area contributed by atoms with Crippen LogP contribution < -0.4 is 10.4 Å². The Hall–Kier alpha value is -1.04. The van der Waals surface area contributed by atoms with Crippen LogP contribution in [0.25, 0.3) is 0 Å². The van der Waals surface area contributed by atoms with Gasteiger partial charge in [0, 0.05) is 37.2 Å². The molecular weight excluding hydrogens is 337 g/mol. The predicted octanol–water partition coefficient (Wildman–Crippen LogP) is 4.34. The Balaban J connectivity index is 0.00000126. The van der Waals surface area contributed by atoms with Gasteiger partial charge in [-0.3, -0.25) is 0 Å². The van der Waals surface area contributed by atoms with E-state index in [0.29, 0.717) is 5.92 Å². The molecule has 2 saturated heterocycles. The number of hydrogen-bond acceptors (Lipinski definition) is 4. The summed E-state index contributed by atoms with van der Waals surface area (Å²) in [5.74, 6) is 0.177. The van der Waals surface area contributed by atoms with Gasteiger partial charge in [0.15, 0.2) is 5.79 Å². The van der Waals surface area contributed by atoms with Gasteiger partial charge < -0.3 is 19.0 Å². The average Bonchev–Trinajstić information content (AvgIpc) is 3.12. The molecular formula is C22H38BNO3. The van der Waals surface area contributed by atoms with Crippen molar-refractivity contribution in [1.29, 1.82) is 0 Å². The molecule has 2 heterocycles. The molecule has 0 saturated carbocycles. The third-order valence-corrected chi connectivity index (χ3v) is 5.94. The molecule has 0 aromatic heterocycles. The van der Waals surface area contributed by atoms with E-state index in [4.69, 9.17) is 14.1 Å². The third kappa shape index (κ3) is 5.49. The zero-order valence-corrected chi connectivity index (χ0v) is 18.4. The number of anilines is 1. The summed E-state index contributed by atoms with van der Waals surface area (Å²) >= 11 is 0. The highest BCUT2D eigenvalue weighted by Gasteiger charge is 2.39. The molecule has 3 rings (SSSR count). The van der Waals surface area contributed by atoms with Gasteiger partial charge in [-0.05, 0) is 37.4 Å². The lowest BCUT2D eigenvalue weighted by atomic mass is 9.62. The molecule has 0 unspecified atom stereocenters. The molecule has 1 aromatic rings. The van der Waals surface area contributed by atoms with Gasteiger partial charge in [0.2, 0.25) is 0 Å². The van der Waals surface area contributed by atoms with E-state index in [1.54, 1.807) is 0 Å². The summed E-state index contributed by atoms with van der Waals surface area (Å²) in [6.07, 6.45) is 1.88. The first-order valence-corrected chi connectivity index (χ1v) is 10.6. The van der Waals surface area contributed by atoms with Gasteiger partial charge in [-0.2, -0.15) is 0 Å². The van der Waals surface area contributed by atoms with Crippen molar-refractivity contribution in [2.45, 2.75) is 72.6 Å². The Kier molecular flexibility index (Phi) is 7.78. The quantitative estimate of drug-likeness (QED) is 0.717. The maximum atomic E-state index is 6.29. The minimum Gasteiger partial charge on any atom is -0.426 e. The molecule has 0 radical (unpaired) electrons. The van der Waals surface area contributed by atoms with Crippen molar-refractivity contribution in [3.8, 4) is 0 Å². The summed E-state index contributed by atoms with van der Waals surface area (Å²) in [5, 5.41) is 0. The van der Waals surface area contributed by atoms with E-state index in [1.165, 1.54) is 11.2 Å². The summed E-state index contributed by atoms with van der Waals surface area (Å²) in [6.45, 7) is 18.4. The molecule has 0 atom stereocenters. The second kappa shape index (κ2) is 9.44. The van der Waals surface area contributed by atoms with Crippen LogP contribution in [0.15, 0.2) is 24.3 Å². The van der Waals surface area contributed by atoms with E-state index in [0.717, 1.165) is 39.1 Å². The van der Waals surface area contributed by atoms with Gasteiger partial charge >= 0.3 is 6.92 Å². The number of ether oxygens (including phenoxy) is 2. The molecule has 2 aliphatic rings. The van der Waals surface area contributed by atoms with Gasteiger partial charge in [0.1, 0.15) is 0 Å². The molecule has 0 bridgehead atoms. The fourth-order valence-electron chi connectivity index (χ4n) is 3.51. The lowest BCUT2D eigenvalue weighted by Crippen LogP contribution is -2.45. The second-order valence-electron chi connectivity index (χ2n) is 8.20. The van der Waals surface area contributed by atoms with E-state index in [1.807, 2.05) is 13.8 Å². The fourth-order valence-corrected chi connectivity index (χ4v) is 3.51. The number of benzene rings is 1. The summed E-state index contributed by atoms with van der Waals surface area (Å²) in [7, 11) is 0. The monoisotopic (exact) mass is 375 g/mol. The minimum absolute atomic E-state index is 0.0939. The van der Waals surface area contributed by atoms with Crippen LogP contribution in [0.1, 0.15) is 54.4 Å². The molecule has 5 heteroatoms. The van der Waals surface area contributed by atoms with Gasteiger partial charge in [-0.25, -0.2) is 0 Å². The Morgan fingerprint density at radius 1 is 1.04 bits per heavy atom. The number of hydrogen-bond donors (Lipinski definition) is 0. The molecule has 27 heavy (non-hydrogen) atoms. The highest BCUT2D eigenvalue weighted by Crippen LogP contribution is 2.33. The largest absolute Gasteiger partial charge is 0.426 e. The molecule has 4 nitrogen and oxygen atoms in total. The Bertz CT molecular complexity index is 557. The van der Waals surface area contributed by atoms with E-state index in [2.05, 4.69) is 63.7 Å². The van der Waals surface area contributed by atoms with Crippen LogP contribution in [0.4, 0.5) is 5.69 Å². The van der Waals surface area contributed by atoms with Crippen LogP contribution in [-0.2, 0) is 14.1 Å². The Labute approximate surface area is 166 Å². The summed E-state index contributed by atoms with van der Waals surface area (Å²) in [5.41, 5.74) is 2.38. The van der Waals surface area contributed by atoms with Crippen molar-refractivity contribution >= 4 is 18.1 Å². The molecule has 2 fully saturated rings. The van der Waals surface area contributed by atoms with Crippen molar-refractivity contribution < 1.29 is 14.1 Å². The van der Waals surface area contributed by atoms with E-state index in [9.17, 15) is 0 Å². The average molecular weight is 375 g/mol. The lowest BCUT2D eigenvalue weighted by Gasteiger charge is -2.38. The molecule has 1 spiro atoms. The third-order valence-electron chi connectivity index (χ3n) is 5.94. The first kappa shape index (κ1) is 22.3. The maximum absolute atomic E-state index is 6.29. The van der Waals surface area contributed by atoms with Crippen molar-refractivity contribution in [3.05, 3.63) is 24.3 Å². The van der Waals surface area contributed by atoms with Crippen LogP contribution in [0, 0.1) is 5.92 Å². The second-order valence-corrected chi connectivity index (χ2v) is 8.20. The maximum Gasteiger partial charge on any atom is 0.324 e. The minimum atomic E-state index is -0.304. The number of rotatable bonds is 5. The fraction of sp³-hybridized carbons (Fsp3) is 0.727. The molecule has 1 aromatic carbocycles. The van der Waals surface area contributed by atoms with Crippen molar-refractivity contribution in [2.75, 3.05) is 31.2 Å². The molecule has 152 valence electrons. The topological polar surface area (TPSA) is 30.9 Å². The first-order chi connectivity index (χ1) is 12.8. The highest BCUT2D eigenvalue weighted by atomic mass is 16.7. The SMILES string of the molecule is CB(OC(C)(C)C(C)C)c1ccc(N2CCC3(CC2)OCCO3)cc1.CC. The summed E-state index contributed by atoms with van der Waals surface area (Å²) < 4.78 is 17.9. The van der Waals surface area contributed by atoms with Crippen molar-refractivity contribution in [2.24, 2.45) is 5.92 Å². The van der Waals surface area contributed by atoms with Crippen LogP contribution in [-0.4, -0.2) is 44.6 Å². The zero-order valence-electron chi connectivity index (χ0n) is 18.4. The zero-order chi connectivity index (χ0) is 20.1. The number of piperidine rings is 1. The van der Waals surface area contributed by atoms with Gasteiger partial charge in [0.05, 0.1) is 13.2 Å².